The summed E-state index contributed by atoms with van der Waals surface area (Å²) in [6, 6.07) is 7.71. The second-order valence-corrected chi connectivity index (χ2v) is 6.40. The highest BCUT2D eigenvalue weighted by Gasteiger charge is 2.31. The van der Waals surface area contributed by atoms with Crippen LogP contribution in [-0.2, 0) is 10.8 Å². The summed E-state index contributed by atoms with van der Waals surface area (Å²) in [5.74, 6) is 1.44. The summed E-state index contributed by atoms with van der Waals surface area (Å²) < 4.78 is 12.2. The lowest BCUT2D eigenvalue weighted by atomic mass is 10.2. The van der Waals surface area contributed by atoms with E-state index < -0.39 is 10.8 Å². The van der Waals surface area contributed by atoms with Crippen LogP contribution in [0.5, 0.6) is 0 Å². The topological polar surface area (TPSA) is 29.1 Å². The van der Waals surface area contributed by atoms with Crippen LogP contribution in [0.2, 0.25) is 5.02 Å². The Balaban J connectivity index is 1.97. The molecule has 2 atom stereocenters. The number of rotatable bonds is 6. The molecule has 2 nitrogen and oxygen atoms in total. The first-order valence-electron chi connectivity index (χ1n) is 6.08. The quantitative estimate of drug-likeness (QED) is 0.862. The molecule has 0 amide bonds. The van der Waals surface area contributed by atoms with Crippen molar-refractivity contribution in [3.05, 3.63) is 29.3 Å². The van der Waals surface area contributed by atoms with Crippen LogP contribution in [0.4, 0.5) is 0 Å². The third kappa shape index (κ3) is 3.80. The normalized spacial score (nSPS) is 18.9. The van der Waals surface area contributed by atoms with E-state index in [0.29, 0.717) is 16.8 Å². The highest BCUT2D eigenvalue weighted by Crippen LogP contribution is 2.33. The molecule has 17 heavy (non-hydrogen) atoms. The molecule has 1 saturated carbocycles. The molecule has 0 heterocycles. The van der Waals surface area contributed by atoms with E-state index in [9.17, 15) is 4.21 Å². The van der Waals surface area contributed by atoms with Gasteiger partial charge in [-0.3, -0.25) is 4.21 Å². The van der Waals surface area contributed by atoms with Gasteiger partial charge in [0.05, 0.1) is 10.8 Å². The zero-order valence-electron chi connectivity index (χ0n) is 9.99. The van der Waals surface area contributed by atoms with Gasteiger partial charge in [-0.2, -0.15) is 0 Å². The lowest BCUT2D eigenvalue weighted by molar-refractivity contribution is 0.514. The molecule has 1 fully saturated rings. The Morgan fingerprint density at radius 3 is 2.59 bits per heavy atom. The van der Waals surface area contributed by atoms with Gasteiger partial charge in [-0.25, -0.2) is 0 Å². The van der Waals surface area contributed by atoms with Crippen LogP contribution in [-0.4, -0.2) is 22.5 Å². The second-order valence-electron chi connectivity index (χ2n) is 4.47. The van der Waals surface area contributed by atoms with Gasteiger partial charge >= 0.3 is 0 Å². The van der Waals surface area contributed by atoms with E-state index in [-0.39, 0.29) is 0 Å². The van der Waals surface area contributed by atoms with Gasteiger partial charge in [0, 0.05) is 21.7 Å². The van der Waals surface area contributed by atoms with E-state index in [2.05, 4.69) is 12.2 Å². The molecule has 0 bridgehead atoms. The lowest BCUT2D eigenvalue weighted by Crippen LogP contribution is -2.35. The Morgan fingerprint density at radius 1 is 1.41 bits per heavy atom. The molecule has 2 rings (SSSR count). The Bertz CT molecular complexity index is 389. The maximum atomic E-state index is 12.2. The first kappa shape index (κ1) is 13.1. The zero-order valence-corrected chi connectivity index (χ0v) is 11.6. The van der Waals surface area contributed by atoms with Crippen molar-refractivity contribution in [2.45, 2.75) is 30.7 Å². The molecule has 1 aliphatic rings. The highest BCUT2D eigenvalue weighted by molar-refractivity contribution is 7.85. The van der Waals surface area contributed by atoms with Crippen LogP contribution in [0.25, 0.3) is 0 Å². The van der Waals surface area contributed by atoms with Crippen molar-refractivity contribution in [1.29, 1.82) is 0 Å². The third-order valence-electron chi connectivity index (χ3n) is 3.06. The maximum absolute atomic E-state index is 12.2. The van der Waals surface area contributed by atoms with Gasteiger partial charge in [0.15, 0.2) is 0 Å². The molecule has 1 aromatic carbocycles. The first-order valence-corrected chi connectivity index (χ1v) is 7.77. The fraction of sp³-hybridized carbons (Fsp3) is 0.538. The van der Waals surface area contributed by atoms with Crippen molar-refractivity contribution in [2.24, 2.45) is 5.92 Å². The van der Waals surface area contributed by atoms with Crippen LogP contribution < -0.4 is 5.32 Å². The van der Waals surface area contributed by atoms with Gasteiger partial charge in [-0.1, -0.05) is 18.5 Å². The smallest absolute Gasteiger partial charge is 0.0545 e. The summed E-state index contributed by atoms with van der Waals surface area (Å²) in [4.78, 5) is 0.873. The van der Waals surface area contributed by atoms with Crippen molar-refractivity contribution in [3.63, 3.8) is 0 Å². The predicted octanol–water partition coefficient (Wildman–Crippen LogP) is 2.84. The molecule has 0 aromatic heterocycles. The van der Waals surface area contributed by atoms with E-state index >= 15 is 0 Å². The van der Waals surface area contributed by atoms with Crippen molar-refractivity contribution < 1.29 is 4.21 Å². The average Bonchev–Trinajstić information content (AvgIpc) is 3.13. The van der Waals surface area contributed by atoms with Crippen LogP contribution in [0, 0.1) is 5.92 Å². The molecule has 1 aliphatic carbocycles. The van der Waals surface area contributed by atoms with Gasteiger partial charge in [-0.15, -0.1) is 0 Å². The largest absolute Gasteiger partial charge is 0.313 e. The van der Waals surface area contributed by atoms with Crippen LogP contribution in [0.1, 0.15) is 19.8 Å². The fourth-order valence-electron chi connectivity index (χ4n) is 1.97. The Morgan fingerprint density at radius 2 is 2.06 bits per heavy atom. The Labute approximate surface area is 110 Å². The molecular weight excluding hydrogens is 254 g/mol. The summed E-state index contributed by atoms with van der Waals surface area (Å²) in [5.41, 5.74) is 0. The highest BCUT2D eigenvalue weighted by atomic mass is 35.5. The van der Waals surface area contributed by atoms with E-state index in [1.54, 1.807) is 12.1 Å². The second kappa shape index (κ2) is 5.98. The number of nitrogens with one attached hydrogen (secondary N) is 1. The number of hydrogen-bond acceptors (Lipinski definition) is 2. The minimum Gasteiger partial charge on any atom is -0.313 e. The summed E-state index contributed by atoms with van der Waals surface area (Å²) in [6.07, 6.45) is 2.55. The average molecular weight is 272 g/mol. The monoisotopic (exact) mass is 271 g/mol. The van der Waals surface area contributed by atoms with E-state index in [0.717, 1.165) is 17.4 Å². The molecule has 4 heteroatoms. The van der Waals surface area contributed by atoms with Gasteiger partial charge in [0.1, 0.15) is 0 Å². The molecule has 0 saturated heterocycles. The fourth-order valence-corrected chi connectivity index (χ4v) is 3.44. The van der Waals surface area contributed by atoms with E-state index in [1.165, 1.54) is 12.8 Å². The molecule has 1 aromatic rings. The van der Waals surface area contributed by atoms with Crippen LogP contribution in [0.15, 0.2) is 29.2 Å². The van der Waals surface area contributed by atoms with E-state index in [1.807, 2.05) is 12.1 Å². The summed E-state index contributed by atoms with van der Waals surface area (Å²) in [6.45, 7) is 3.04. The number of hydrogen-bond donors (Lipinski definition) is 1. The summed E-state index contributed by atoms with van der Waals surface area (Å²) in [5, 5.41) is 4.13. The SMILES string of the molecule is CCNC(CS(=O)c1ccc(Cl)cc1)C1CC1. The summed E-state index contributed by atoms with van der Waals surface area (Å²) >= 11 is 5.82. The van der Waals surface area contributed by atoms with Crippen molar-refractivity contribution in [3.8, 4) is 0 Å². The number of benzene rings is 1. The molecule has 1 N–H and O–H groups in total. The number of halogens is 1. The Hall–Kier alpha value is -0.380. The van der Waals surface area contributed by atoms with Gasteiger partial charge < -0.3 is 5.32 Å². The van der Waals surface area contributed by atoms with Crippen LogP contribution >= 0.6 is 11.6 Å². The lowest BCUT2D eigenvalue weighted by Gasteiger charge is -2.16. The van der Waals surface area contributed by atoms with Crippen molar-refractivity contribution in [2.75, 3.05) is 12.3 Å². The van der Waals surface area contributed by atoms with Crippen LogP contribution in [0.3, 0.4) is 0 Å². The van der Waals surface area contributed by atoms with Crippen molar-refractivity contribution in [1.82, 2.24) is 5.32 Å². The molecule has 0 spiro atoms. The van der Waals surface area contributed by atoms with Gasteiger partial charge in [0.2, 0.25) is 0 Å². The van der Waals surface area contributed by atoms with Crippen molar-refractivity contribution >= 4 is 22.4 Å². The molecule has 2 unspecified atom stereocenters. The standard InChI is InChI=1S/C13H18ClNOS/c1-2-15-13(10-3-4-10)9-17(16)12-7-5-11(14)6-8-12/h5-8,10,13,15H,2-4,9H2,1H3. The zero-order chi connectivity index (χ0) is 12.3. The first-order chi connectivity index (χ1) is 8.20. The molecule has 0 radical (unpaired) electrons. The molecule has 0 aliphatic heterocycles. The predicted molar refractivity (Wildman–Crippen MR) is 72.9 cm³/mol. The van der Waals surface area contributed by atoms with Gasteiger partial charge in [-0.05, 0) is 49.6 Å². The summed E-state index contributed by atoms with van der Waals surface area (Å²) in [7, 11) is -0.925. The maximum Gasteiger partial charge on any atom is 0.0545 e. The van der Waals surface area contributed by atoms with E-state index in [4.69, 9.17) is 11.6 Å². The minimum atomic E-state index is -0.925. The molecule has 94 valence electrons. The Kier molecular flexibility index (Phi) is 4.60. The molecular formula is C13H18ClNOS. The van der Waals surface area contributed by atoms with Gasteiger partial charge in [0.25, 0.3) is 0 Å². The third-order valence-corrected chi connectivity index (χ3v) is 4.78. The minimum absolute atomic E-state index is 0.400.